The Hall–Kier alpha value is -1.87. The predicted molar refractivity (Wildman–Crippen MR) is 83.0 cm³/mol. The summed E-state index contributed by atoms with van der Waals surface area (Å²) in [6.07, 6.45) is 3.32. The van der Waals surface area contributed by atoms with Crippen molar-refractivity contribution in [3.8, 4) is 0 Å². The average molecular weight is 316 g/mol. The molecule has 1 amide bonds. The van der Waals surface area contributed by atoms with Crippen LogP contribution >= 0.6 is 15.9 Å². The maximum Gasteiger partial charge on any atom is 0.248 e. The molecule has 0 saturated carbocycles. The molecular weight excluding hydrogens is 302 g/mol. The Bertz CT molecular complexity index is 620. The van der Waals surface area contributed by atoms with Crippen LogP contribution in [0.25, 0.3) is 6.08 Å². The van der Waals surface area contributed by atoms with Crippen LogP contribution in [-0.4, -0.2) is 5.91 Å². The minimum Gasteiger partial charge on any atom is -0.323 e. The van der Waals surface area contributed by atoms with Crippen LogP contribution in [0.15, 0.2) is 59.1 Å². The topological polar surface area (TPSA) is 29.1 Å². The molecule has 3 heteroatoms. The Kier molecular flexibility index (Phi) is 4.53. The summed E-state index contributed by atoms with van der Waals surface area (Å²) in [7, 11) is 0. The van der Waals surface area contributed by atoms with E-state index in [2.05, 4.69) is 21.2 Å². The van der Waals surface area contributed by atoms with Crippen molar-refractivity contribution < 1.29 is 4.79 Å². The number of benzene rings is 2. The highest BCUT2D eigenvalue weighted by Gasteiger charge is 1.98. The second-order valence-electron chi connectivity index (χ2n) is 4.25. The summed E-state index contributed by atoms with van der Waals surface area (Å²) in [5.74, 6) is -0.134. The molecule has 1 N–H and O–H groups in total. The molecule has 0 heterocycles. The Morgan fingerprint density at radius 1 is 1.16 bits per heavy atom. The molecule has 0 aliphatic carbocycles. The lowest BCUT2D eigenvalue weighted by Gasteiger charge is -2.02. The number of hydrogen-bond donors (Lipinski definition) is 1. The molecule has 2 aromatic rings. The fourth-order valence-electron chi connectivity index (χ4n) is 1.69. The Morgan fingerprint density at radius 2 is 1.95 bits per heavy atom. The first-order valence-electron chi connectivity index (χ1n) is 5.95. The summed E-state index contributed by atoms with van der Waals surface area (Å²) < 4.78 is 0.994. The second kappa shape index (κ2) is 6.34. The fourth-order valence-corrected chi connectivity index (χ4v) is 2.11. The van der Waals surface area contributed by atoms with E-state index in [1.54, 1.807) is 6.08 Å². The Labute approximate surface area is 121 Å². The van der Waals surface area contributed by atoms with Crippen LogP contribution in [0.1, 0.15) is 11.1 Å². The lowest BCUT2D eigenvalue weighted by Crippen LogP contribution is -2.07. The number of aryl methyl sites for hydroxylation is 1. The van der Waals surface area contributed by atoms with Crippen molar-refractivity contribution in [2.24, 2.45) is 0 Å². The van der Waals surface area contributed by atoms with Gasteiger partial charge in [0.25, 0.3) is 0 Å². The molecule has 0 spiro atoms. The van der Waals surface area contributed by atoms with E-state index < -0.39 is 0 Å². The van der Waals surface area contributed by atoms with Gasteiger partial charge in [-0.15, -0.1) is 0 Å². The molecule has 0 atom stereocenters. The largest absolute Gasteiger partial charge is 0.323 e. The third-order valence-corrected chi connectivity index (χ3v) is 3.05. The summed E-state index contributed by atoms with van der Waals surface area (Å²) >= 11 is 3.40. The van der Waals surface area contributed by atoms with Gasteiger partial charge in [-0.25, -0.2) is 0 Å². The lowest BCUT2D eigenvalue weighted by atomic mass is 10.2. The van der Waals surface area contributed by atoms with Crippen LogP contribution in [0.5, 0.6) is 0 Å². The highest BCUT2D eigenvalue weighted by molar-refractivity contribution is 9.10. The zero-order valence-corrected chi connectivity index (χ0v) is 12.1. The van der Waals surface area contributed by atoms with E-state index in [0.717, 1.165) is 21.3 Å². The molecule has 0 aliphatic heterocycles. The van der Waals surface area contributed by atoms with E-state index in [-0.39, 0.29) is 5.91 Å². The van der Waals surface area contributed by atoms with Crippen molar-refractivity contribution in [3.05, 3.63) is 70.2 Å². The number of hydrogen-bond acceptors (Lipinski definition) is 1. The molecular formula is C16H14BrNO. The zero-order chi connectivity index (χ0) is 13.7. The number of nitrogens with one attached hydrogen (secondary N) is 1. The van der Waals surface area contributed by atoms with Gasteiger partial charge in [0.1, 0.15) is 0 Å². The third-order valence-electron chi connectivity index (χ3n) is 2.56. The highest BCUT2D eigenvalue weighted by Crippen LogP contribution is 2.13. The molecule has 0 aromatic heterocycles. The van der Waals surface area contributed by atoms with Gasteiger partial charge in [0.2, 0.25) is 5.91 Å². The molecule has 2 rings (SSSR count). The number of anilines is 1. The highest BCUT2D eigenvalue weighted by atomic mass is 79.9. The predicted octanol–water partition coefficient (Wildman–Crippen LogP) is 4.41. The standard InChI is InChI=1S/C16H14BrNO/c1-12-4-2-7-15(10-12)18-16(19)9-8-13-5-3-6-14(17)11-13/h2-11H,1H3,(H,18,19). The molecule has 0 bridgehead atoms. The first kappa shape index (κ1) is 13.6. The van der Waals surface area contributed by atoms with Gasteiger partial charge in [-0.3, -0.25) is 4.79 Å². The van der Waals surface area contributed by atoms with Crippen LogP contribution in [-0.2, 0) is 4.79 Å². The lowest BCUT2D eigenvalue weighted by molar-refractivity contribution is -0.111. The number of amides is 1. The molecule has 0 unspecified atom stereocenters. The van der Waals surface area contributed by atoms with Gasteiger partial charge in [0, 0.05) is 16.2 Å². The number of carbonyl (C=O) groups is 1. The van der Waals surface area contributed by atoms with Crippen LogP contribution in [0.2, 0.25) is 0 Å². The first-order chi connectivity index (χ1) is 9.13. The average Bonchev–Trinajstić information content (AvgIpc) is 2.36. The Morgan fingerprint density at radius 3 is 2.68 bits per heavy atom. The zero-order valence-electron chi connectivity index (χ0n) is 10.6. The normalized spacial score (nSPS) is 10.6. The third kappa shape index (κ3) is 4.38. The molecule has 0 saturated heterocycles. The smallest absolute Gasteiger partial charge is 0.248 e. The first-order valence-corrected chi connectivity index (χ1v) is 6.74. The van der Waals surface area contributed by atoms with E-state index >= 15 is 0 Å². The van der Waals surface area contributed by atoms with E-state index in [1.807, 2.05) is 55.5 Å². The van der Waals surface area contributed by atoms with Gasteiger partial charge in [-0.05, 0) is 48.4 Å². The van der Waals surface area contributed by atoms with Crippen LogP contribution in [0.4, 0.5) is 5.69 Å². The van der Waals surface area contributed by atoms with Crippen molar-refractivity contribution in [3.63, 3.8) is 0 Å². The van der Waals surface area contributed by atoms with Gasteiger partial charge in [-0.1, -0.05) is 40.2 Å². The molecule has 0 fully saturated rings. The van der Waals surface area contributed by atoms with Gasteiger partial charge in [0.05, 0.1) is 0 Å². The van der Waals surface area contributed by atoms with Crippen molar-refractivity contribution in [1.82, 2.24) is 0 Å². The quantitative estimate of drug-likeness (QED) is 0.835. The fraction of sp³-hybridized carbons (Fsp3) is 0.0625. The summed E-state index contributed by atoms with van der Waals surface area (Å²) in [5.41, 5.74) is 2.91. The maximum absolute atomic E-state index is 11.8. The number of halogens is 1. The van der Waals surface area contributed by atoms with Gasteiger partial charge in [-0.2, -0.15) is 0 Å². The van der Waals surface area contributed by atoms with E-state index in [4.69, 9.17) is 0 Å². The van der Waals surface area contributed by atoms with E-state index in [1.165, 1.54) is 6.08 Å². The van der Waals surface area contributed by atoms with Crippen LogP contribution < -0.4 is 5.32 Å². The van der Waals surface area contributed by atoms with Gasteiger partial charge in [0.15, 0.2) is 0 Å². The van der Waals surface area contributed by atoms with Crippen LogP contribution in [0.3, 0.4) is 0 Å². The van der Waals surface area contributed by atoms with Gasteiger partial charge < -0.3 is 5.32 Å². The van der Waals surface area contributed by atoms with Crippen molar-refractivity contribution >= 4 is 33.6 Å². The molecule has 2 nitrogen and oxygen atoms in total. The summed E-state index contributed by atoms with van der Waals surface area (Å²) in [6.45, 7) is 1.99. The summed E-state index contributed by atoms with van der Waals surface area (Å²) in [5, 5.41) is 2.83. The Balaban J connectivity index is 2.01. The minimum atomic E-state index is -0.134. The molecule has 0 aliphatic rings. The van der Waals surface area contributed by atoms with E-state index in [9.17, 15) is 4.79 Å². The summed E-state index contributed by atoms with van der Waals surface area (Å²) in [4.78, 5) is 11.8. The summed E-state index contributed by atoms with van der Waals surface area (Å²) in [6, 6.07) is 15.5. The maximum atomic E-state index is 11.8. The van der Waals surface area contributed by atoms with Crippen molar-refractivity contribution in [1.29, 1.82) is 0 Å². The molecule has 19 heavy (non-hydrogen) atoms. The second-order valence-corrected chi connectivity index (χ2v) is 5.16. The number of rotatable bonds is 3. The van der Waals surface area contributed by atoms with Crippen LogP contribution in [0, 0.1) is 6.92 Å². The van der Waals surface area contributed by atoms with E-state index in [0.29, 0.717) is 0 Å². The SMILES string of the molecule is Cc1cccc(NC(=O)C=Cc2cccc(Br)c2)c1. The molecule has 96 valence electrons. The molecule has 0 radical (unpaired) electrons. The molecule has 2 aromatic carbocycles. The minimum absolute atomic E-state index is 0.134. The monoisotopic (exact) mass is 315 g/mol. The number of carbonyl (C=O) groups excluding carboxylic acids is 1. The van der Waals surface area contributed by atoms with Crippen molar-refractivity contribution in [2.45, 2.75) is 6.92 Å². The van der Waals surface area contributed by atoms with Crippen molar-refractivity contribution in [2.75, 3.05) is 5.32 Å². The van der Waals surface area contributed by atoms with Gasteiger partial charge >= 0.3 is 0 Å².